The highest BCUT2D eigenvalue weighted by Crippen LogP contribution is 2.36. The van der Waals surface area contributed by atoms with Crippen molar-refractivity contribution in [2.45, 2.75) is 63.8 Å². The van der Waals surface area contributed by atoms with Crippen LogP contribution in [0.5, 0.6) is 0 Å². The number of sulfonamides is 1. The predicted molar refractivity (Wildman–Crippen MR) is 104 cm³/mol. The van der Waals surface area contributed by atoms with E-state index in [1.807, 2.05) is 24.8 Å². The number of carbonyl (C=O) groups excluding carboxylic acids is 1. The van der Waals surface area contributed by atoms with Crippen molar-refractivity contribution in [3.8, 4) is 0 Å². The largest absolute Gasteiger partial charge is 0.449 e. The first-order valence-electron chi connectivity index (χ1n) is 9.64. The zero-order chi connectivity index (χ0) is 19.3. The molecule has 146 valence electrons. The molecule has 4 rings (SSSR count). The number of piperidine rings is 1. The average molecular weight is 391 g/mol. The topological polar surface area (TPSA) is 79.6 Å². The summed E-state index contributed by atoms with van der Waals surface area (Å²) in [5.41, 5.74) is 2.55. The number of hydrogen-bond acceptors (Lipinski definition) is 4. The van der Waals surface area contributed by atoms with Gasteiger partial charge in [0.15, 0.2) is 11.3 Å². The Labute approximate surface area is 160 Å². The number of fused-ring (bicyclic) bond motifs is 1. The van der Waals surface area contributed by atoms with Crippen molar-refractivity contribution >= 4 is 26.9 Å². The number of hydrogen-bond donors (Lipinski definition) is 1. The van der Waals surface area contributed by atoms with Gasteiger partial charge in [-0.1, -0.05) is 0 Å². The molecule has 1 aliphatic heterocycles. The molecule has 1 saturated heterocycles. The zero-order valence-electron chi connectivity index (χ0n) is 16.1. The second kappa shape index (κ2) is 6.63. The second-order valence-corrected chi connectivity index (χ2v) is 9.48. The van der Waals surface area contributed by atoms with Gasteiger partial charge in [0.2, 0.25) is 10.0 Å². The van der Waals surface area contributed by atoms with E-state index in [4.69, 9.17) is 4.42 Å². The first kappa shape index (κ1) is 18.5. The first-order chi connectivity index (χ1) is 12.8. The van der Waals surface area contributed by atoms with Crippen molar-refractivity contribution in [2.24, 2.45) is 0 Å². The van der Waals surface area contributed by atoms with Gasteiger partial charge in [0.25, 0.3) is 5.91 Å². The van der Waals surface area contributed by atoms with Crippen molar-refractivity contribution in [1.82, 2.24) is 9.62 Å². The molecule has 0 unspecified atom stereocenters. The van der Waals surface area contributed by atoms with E-state index in [0.717, 1.165) is 50.8 Å². The zero-order valence-corrected chi connectivity index (χ0v) is 16.9. The summed E-state index contributed by atoms with van der Waals surface area (Å²) in [6.45, 7) is 6.97. The smallest absolute Gasteiger partial charge is 0.289 e. The monoisotopic (exact) mass is 390 g/mol. The quantitative estimate of drug-likeness (QED) is 0.867. The molecular weight excluding hydrogens is 364 g/mol. The van der Waals surface area contributed by atoms with E-state index in [0.29, 0.717) is 22.1 Å². The number of likely N-dealkylation sites (tertiary alicyclic amines) is 1. The molecule has 0 spiro atoms. The second-order valence-electron chi connectivity index (χ2n) is 7.83. The molecule has 1 aliphatic carbocycles. The third kappa shape index (κ3) is 3.27. The van der Waals surface area contributed by atoms with Gasteiger partial charge < -0.3 is 9.32 Å². The fraction of sp³-hybridized carbons (Fsp3) is 0.550. The number of amides is 1. The lowest BCUT2D eigenvalue weighted by Crippen LogP contribution is -2.35. The summed E-state index contributed by atoms with van der Waals surface area (Å²) in [5, 5.41) is 0.703. The molecule has 2 aromatic rings. The Morgan fingerprint density at radius 3 is 2.41 bits per heavy atom. The number of nitrogens with zero attached hydrogens (tertiary/aromatic N) is 1. The van der Waals surface area contributed by atoms with Crippen molar-refractivity contribution in [1.29, 1.82) is 0 Å². The van der Waals surface area contributed by atoms with Gasteiger partial charge in [-0.25, -0.2) is 13.1 Å². The van der Waals surface area contributed by atoms with Gasteiger partial charge >= 0.3 is 0 Å². The van der Waals surface area contributed by atoms with Crippen LogP contribution in [-0.2, 0) is 10.0 Å². The Morgan fingerprint density at radius 1 is 1.11 bits per heavy atom. The van der Waals surface area contributed by atoms with Crippen LogP contribution in [0.1, 0.15) is 59.3 Å². The van der Waals surface area contributed by atoms with Crippen molar-refractivity contribution < 1.29 is 17.6 Å². The minimum Gasteiger partial charge on any atom is -0.449 e. The maximum Gasteiger partial charge on any atom is 0.289 e. The third-order valence-electron chi connectivity index (χ3n) is 5.70. The van der Waals surface area contributed by atoms with E-state index >= 15 is 0 Å². The van der Waals surface area contributed by atoms with E-state index in [1.54, 1.807) is 6.92 Å². The van der Waals surface area contributed by atoms with Crippen LogP contribution >= 0.6 is 0 Å². The lowest BCUT2D eigenvalue weighted by Gasteiger charge is -2.25. The van der Waals surface area contributed by atoms with Crippen LogP contribution in [0.4, 0.5) is 0 Å². The highest BCUT2D eigenvalue weighted by Gasteiger charge is 2.33. The molecule has 7 heteroatoms. The van der Waals surface area contributed by atoms with Crippen molar-refractivity contribution in [3.05, 3.63) is 28.5 Å². The number of carbonyl (C=O) groups is 1. The highest BCUT2D eigenvalue weighted by atomic mass is 32.2. The molecule has 0 radical (unpaired) electrons. The molecule has 1 N–H and O–H groups in total. The lowest BCUT2D eigenvalue weighted by molar-refractivity contribution is 0.0693. The Bertz CT molecular complexity index is 1010. The first-order valence-corrected chi connectivity index (χ1v) is 11.1. The summed E-state index contributed by atoms with van der Waals surface area (Å²) < 4.78 is 34.7. The summed E-state index contributed by atoms with van der Waals surface area (Å²) in [6, 6.07) is 1.93. The van der Waals surface area contributed by atoms with Crippen LogP contribution in [0.25, 0.3) is 11.0 Å². The van der Waals surface area contributed by atoms with E-state index < -0.39 is 10.0 Å². The molecule has 27 heavy (non-hydrogen) atoms. The standard InChI is InChI=1S/C20H26N2O4S/c1-12-11-16-14(3)17(20(23)22-9-5-4-6-10-22)26-18(16)19(13(12)2)27(24,25)21-15-7-8-15/h11,15,21H,4-10H2,1-3H3. The fourth-order valence-corrected chi connectivity index (χ4v) is 5.54. The molecule has 1 aromatic heterocycles. The summed E-state index contributed by atoms with van der Waals surface area (Å²) in [7, 11) is -3.70. The summed E-state index contributed by atoms with van der Waals surface area (Å²) >= 11 is 0. The molecule has 2 heterocycles. The SMILES string of the molecule is Cc1cc2c(C)c(C(=O)N3CCCCC3)oc2c(S(=O)(=O)NC2CC2)c1C. The highest BCUT2D eigenvalue weighted by molar-refractivity contribution is 7.89. The van der Waals surface area contributed by atoms with Crippen molar-refractivity contribution in [3.63, 3.8) is 0 Å². The molecule has 2 fully saturated rings. The Hall–Kier alpha value is -1.86. The lowest BCUT2D eigenvalue weighted by atomic mass is 10.0. The molecule has 1 saturated carbocycles. The average Bonchev–Trinajstić information content (AvgIpc) is 3.38. The van der Waals surface area contributed by atoms with Gasteiger partial charge in [0.1, 0.15) is 4.90 Å². The van der Waals surface area contributed by atoms with Gasteiger partial charge in [0.05, 0.1) is 0 Å². The van der Waals surface area contributed by atoms with Crippen LogP contribution in [-0.4, -0.2) is 38.4 Å². The summed E-state index contributed by atoms with van der Waals surface area (Å²) in [5.74, 6) is 0.122. The normalized spacial score (nSPS) is 18.3. The van der Waals surface area contributed by atoms with Gasteiger partial charge in [-0.2, -0.15) is 0 Å². The maximum absolute atomic E-state index is 13.0. The molecular formula is C20H26N2O4S. The van der Waals surface area contributed by atoms with Gasteiger partial charge in [-0.3, -0.25) is 4.79 Å². The van der Waals surface area contributed by atoms with E-state index in [9.17, 15) is 13.2 Å². The molecule has 2 aliphatic rings. The number of rotatable bonds is 4. The Balaban J connectivity index is 1.86. The van der Waals surface area contributed by atoms with Gasteiger partial charge in [-0.05, 0) is 70.1 Å². The molecule has 1 amide bonds. The van der Waals surface area contributed by atoms with Crippen LogP contribution in [0, 0.1) is 20.8 Å². The van der Waals surface area contributed by atoms with Gasteiger partial charge in [-0.15, -0.1) is 0 Å². The van der Waals surface area contributed by atoms with E-state index in [-0.39, 0.29) is 22.6 Å². The predicted octanol–water partition coefficient (Wildman–Crippen LogP) is 3.42. The maximum atomic E-state index is 13.0. The molecule has 0 atom stereocenters. The van der Waals surface area contributed by atoms with E-state index in [2.05, 4.69) is 4.72 Å². The summed E-state index contributed by atoms with van der Waals surface area (Å²) in [4.78, 5) is 15.0. The van der Waals surface area contributed by atoms with Gasteiger partial charge in [0, 0.05) is 30.1 Å². The molecule has 6 nitrogen and oxygen atoms in total. The molecule has 0 bridgehead atoms. The van der Waals surface area contributed by atoms with Crippen LogP contribution in [0.2, 0.25) is 0 Å². The number of furan rings is 1. The molecule has 1 aromatic carbocycles. The number of benzene rings is 1. The summed E-state index contributed by atoms with van der Waals surface area (Å²) in [6.07, 6.45) is 4.85. The Morgan fingerprint density at radius 2 is 1.78 bits per heavy atom. The Kier molecular flexibility index (Phi) is 4.55. The van der Waals surface area contributed by atoms with Crippen LogP contribution in [0.15, 0.2) is 15.4 Å². The van der Waals surface area contributed by atoms with Crippen molar-refractivity contribution in [2.75, 3.05) is 13.1 Å². The van der Waals surface area contributed by atoms with E-state index in [1.165, 1.54) is 0 Å². The van der Waals surface area contributed by atoms with Crippen LogP contribution in [0.3, 0.4) is 0 Å². The number of nitrogens with one attached hydrogen (secondary N) is 1. The fourth-order valence-electron chi connectivity index (χ4n) is 3.79. The minimum absolute atomic E-state index is 0.00970. The number of aryl methyl sites for hydroxylation is 2. The third-order valence-corrected chi connectivity index (χ3v) is 7.37. The minimum atomic E-state index is -3.70. The van der Waals surface area contributed by atoms with Crippen LogP contribution < -0.4 is 4.72 Å².